The molecule has 0 saturated carbocycles. The quantitative estimate of drug-likeness (QED) is 0.307. The molecular weight excluding hydrogens is 280 g/mol. The lowest BCUT2D eigenvalue weighted by molar-refractivity contribution is -0.110. The van der Waals surface area contributed by atoms with Crippen LogP contribution in [0, 0.1) is 5.92 Å². The third-order valence-corrected chi connectivity index (χ3v) is 4.45. The Hall–Kier alpha value is -1.37. The lowest BCUT2D eigenvalue weighted by Gasteiger charge is -2.06. The van der Waals surface area contributed by atoms with E-state index in [-0.39, 0.29) is 5.92 Å². The Morgan fingerprint density at radius 1 is 0.913 bits per heavy atom. The Morgan fingerprint density at radius 2 is 1.52 bits per heavy atom. The van der Waals surface area contributed by atoms with Crippen LogP contribution in [-0.2, 0) is 4.79 Å². The average molecular weight is 315 g/mol. The van der Waals surface area contributed by atoms with Crippen molar-refractivity contribution in [3.05, 3.63) is 41.5 Å². The Balaban J connectivity index is 2.30. The van der Waals surface area contributed by atoms with Gasteiger partial charge in [-0.1, -0.05) is 102 Å². The number of unbranched alkanes of at least 4 members (excludes halogenated alkanes) is 6. The van der Waals surface area contributed by atoms with Gasteiger partial charge >= 0.3 is 0 Å². The minimum Gasteiger partial charge on any atom is -0.303 e. The number of aldehydes is 1. The lowest BCUT2D eigenvalue weighted by Crippen LogP contribution is -1.97. The molecule has 0 amide bonds. The third-order valence-electron chi connectivity index (χ3n) is 4.45. The van der Waals surface area contributed by atoms with Crippen LogP contribution in [0.25, 0.3) is 6.08 Å². The Bertz CT molecular complexity index is 442. The molecule has 0 aliphatic carbocycles. The molecule has 0 aliphatic rings. The van der Waals surface area contributed by atoms with Crippen LogP contribution in [0.4, 0.5) is 0 Å². The van der Waals surface area contributed by atoms with Crippen LogP contribution in [-0.4, -0.2) is 6.29 Å². The normalized spacial score (nSPS) is 12.9. The van der Waals surface area contributed by atoms with Crippen molar-refractivity contribution in [3.63, 3.8) is 0 Å². The molecule has 0 bridgehead atoms. The highest BCUT2D eigenvalue weighted by atomic mass is 16.1. The van der Waals surface area contributed by atoms with E-state index in [1.165, 1.54) is 49.7 Å². The molecule has 0 radical (unpaired) electrons. The van der Waals surface area contributed by atoms with Gasteiger partial charge < -0.3 is 4.79 Å². The zero-order valence-corrected chi connectivity index (χ0v) is 15.3. The van der Waals surface area contributed by atoms with Gasteiger partial charge in [0.2, 0.25) is 0 Å². The average Bonchev–Trinajstić information content (AvgIpc) is 2.57. The second-order valence-electron chi connectivity index (χ2n) is 6.89. The van der Waals surface area contributed by atoms with Gasteiger partial charge in [0, 0.05) is 5.92 Å². The van der Waals surface area contributed by atoms with Gasteiger partial charge in [0.05, 0.1) is 0 Å². The third kappa shape index (κ3) is 8.74. The predicted molar refractivity (Wildman–Crippen MR) is 102 cm³/mol. The van der Waals surface area contributed by atoms with Crippen molar-refractivity contribution in [1.82, 2.24) is 0 Å². The fourth-order valence-corrected chi connectivity index (χ4v) is 2.77. The summed E-state index contributed by atoms with van der Waals surface area (Å²) in [5, 5.41) is 0. The standard InChI is InChI=1S/C22H34O/c1-4-5-6-7-8-9-10-11-21(18-23)13-12-20-14-16-22(17-15-20)19(2)3/h12-19,21H,4-11H2,1-3H3. The van der Waals surface area contributed by atoms with E-state index in [9.17, 15) is 4.79 Å². The number of rotatable bonds is 12. The van der Waals surface area contributed by atoms with Crippen molar-refractivity contribution in [2.75, 3.05) is 0 Å². The fourth-order valence-electron chi connectivity index (χ4n) is 2.77. The second-order valence-corrected chi connectivity index (χ2v) is 6.89. The Kier molecular flexibility index (Phi) is 10.4. The summed E-state index contributed by atoms with van der Waals surface area (Å²) < 4.78 is 0. The zero-order chi connectivity index (χ0) is 16.9. The maximum absolute atomic E-state index is 11.2. The van der Waals surface area contributed by atoms with Gasteiger partial charge in [-0.25, -0.2) is 0 Å². The molecule has 23 heavy (non-hydrogen) atoms. The van der Waals surface area contributed by atoms with E-state index in [4.69, 9.17) is 0 Å². The molecule has 128 valence electrons. The number of hydrogen-bond donors (Lipinski definition) is 0. The van der Waals surface area contributed by atoms with Crippen LogP contribution < -0.4 is 0 Å². The monoisotopic (exact) mass is 314 g/mol. The van der Waals surface area contributed by atoms with Gasteiger partial charge in [-0.15, -0.1) is 0 Å². The summed E-state index contributed by atoms with van der Waals surface area (Å²) in [6.45, 7) is 6.66. The van der Waals surface area contributed by atoms with E-state index in [2.05, 4.69) is 57.2 Å². The van der Waals surface area contributed by atoms with E-state index >= 15 is 0 Å². The van der Waals surface area contributed by atoms with Crippen LogP contribution in [0.15, 0.2) is 30.3 Å². The maximum Gasteiger partial charge on any atom is 0.126 e. The van der Waals surface area contributed by atoms with Crippen LogP contribution >= 0.6 is 0 Å². The molecule has 0 heterocycles. The number of carbonyl (C=O) groups excluding carboxylic acids is 1. The van der Waals surface area contributed by atoms with Gasteiger partial charge in [-0.2, -0.15) is 0 Å². The van der Waals surface area contributed by atoms with Gasteiger partial charge in [0.25, 0.3) is 0 Å². The second kappa shape index (κ2) is 12.1. The van der Waals surface area contributed by atoms with E-state index in [0.717, 1.165) is 19.1 Å². The molecule has 0 N–H and O–H groups in total. The predicted octanol–water partition coefficient (Wildman–Crippen LogP) is 6.78. The maximum atomic E-state index is 11.2. The first-order chi connectivity index (χ1) is 11.2. The van der Waals surface area contributed by atoms with Crippen molar-refractivity contribution < 1.29 is 4.79 Å². The molecule has 1 aromatic rings. The fraction of sp³-hybridized carbons (Fsp3) is 0.591. The van der Waals surface area contributed by atoms with Crippen LogP contribution in [0.1, 0.15) is 89.2 Å². The van der Waals surface area contributed by atoms with E-state index in [1.807, 2.05) is 0 Å². The van der Waals surface area contributed by atoms with Gasteiger partial charge in [-0.3, -0.25) is 0 Å². The number of hydrogen-bond acceptors (Lipinski definition) is 1. The van der Waals surface area contributed by atoms with Crippen molar-refractivity contribution in [1.29, 1.82) is 0 Å². The van der Waals surface area contributed by atoms with Gasteiger partial charge in [0.1, 0.15) is 6.29 Å². The molecule has 1 rings (SSSR count). The highest BCUT2D eigenvalue weighted by Gasteiger charge is 2.03. The highest BCUT2D eigenvalue weighted by Crippen LogP contribution is 2.17. The number of allylic oxidation sites excluding steroid dienone is 1. The topological polar surface area (TPSA) is 17.1 Å². The van der Waals surface area contributed by atoms with Crippen LogP contribution in [0.5, 0.6) is 0 Å². The summed E-state index contributed by atoms with van der Waals surface area (Å²) >= 11 is 0. The van der Waals surface area contributed by atoms with E-state index in [1.54, 1.807) is 0 Å². The molecule has 0 spiro atoms. The molecule has 0 aromatic heterocycles. The SMILES string of the molecule is CCCCCCCCCC(C=O)C=Cc1ccc(C(C)C)cc1. The molecule has 0 fully saturated rings. The summed E-state index contributed by atoms with van der Waals surface area (Å²) in [4.78, 5) is 11.2. The molecule has 0 aliphatic heterocycles. The Labute approximate surface area is 143 Å². The number of benzene rings is 1. The molecule has 1 heteroatoms. The van der Waals surface area contributed by atoms with E-state index < -0.39 is 0 Å². The minimum absolute atomic E-state index is 0.0652. The first kappa shape index (κ1) is 19.7. The molecule has 1 aromatic carbocycles. The first-order valence-corrected chi connectivity index (χ1v) is 9.40. The summed E-state index contributed by atoms with van der Waals surface area (Å²) in [6.07, 6.45) is 15.3. The first-order valence-electron chi connectivity index (χ1n) is 9.40. The summed E-state index contributed by atoms with van der Waals surface area (Å²) in [5.74, 6) is 0.628. The lowest BCUT2D eigenvalue weighted by atomic mass is 9.98. The van der Waals surface area contributed by atoms with Crippen molar-refractivity contribution in [2.24, 2.45) is 5.92 Å². The van der Waals surface area contributed by atoms with Crippen LogP contribution in [0.3, 0.4) is 0 Å². The molecule has 0 saturated heterocycles. The zero-order valence-electron chi connectivity index (χ0n) is 15.3. The largest absolute Gasteiger partial charge is 0.303 e. The van der Waals surface area contributed by atoms with Crippen molar-refractivity contribution >= 4 is 12.4 Å². The highest BCUT2D eigenvalue weighted by molar-refractivity contribution is 5.61. The minimum atomic E-state index is 0.0652. The number of carbonyl (C=O) groups is 1. The molecule has 1 atom stereocenters. The Morgan fingerprint density at radius 3 is 2.09 bits per heavy atom. The van der Waals surface area contributed by atoms with E-state index in [0.29, 0.717) is 5.92 Å². The summed E-state index contributed by atoms with van der Waals surface area (Å²) in [7, 11) is 0. The molecular formula is C22H34O. The van der Waals surface area contributed by atoms with Gasteiger partial charge in [-0.05, 0) is 23.5 Å². The van der Waals surface area contributed by atoms with Crippen molar-refractivity contribution in [3.8, 4) is 0 Å². The summed E-state index contributed by atoms with van der Waals surface area (Å²) in [5.41, 5.74) is 2.54. The smallest absolute Gasteiger partial charge is 0.126 e. The van der Waals surface area contributed by atoms with Gasteiger partial charge in [0.15, 0.2) is 0 Å². The van der Waals surface area contributed by atoms with Crippen LogP contribution in [0.2, 0.25) is 0 Å². The van der Waals surface area contributed by atoms with Crippen molar-refractivity contribution in [2.45, 2.75) is 78.1 Å². The summed E-state index contributed by atoms with van der Waals surface area (Å²) in [6, 6.07) is 8.63. The molecule has 1 nitrogen and oxygen atoms in total. The molecule has 1 unspecified atom stereocenters.